The molecule has 2 bridgehead atoms. The van der Waals surface area contributed by atoms with Gasteiger partial charge in [-0.1, -0.05) is 11.6 Å². The normalized spacial score (nSPS) is 27.1. The van der Waals surface area contributed by atoms with E-state index in [0.717, 1.165) is 31.0 Å². The van der Waals surface area contributed by atoms with Crippen molar-refractivity contribution in [1.29, 1.82) is 0 Å². The van der Waals surface area contributed by atoms with Gasteiger partial charge in [0.05, 0.1) is 26.3 Å². The molecule has 0 aliphatic heterocycles. The first-order chi connectivity index (χ1) is 15.4. The van der Waals surface area contributed by atoms with E-state index in [1.165, 1.54) is 18.2 Å². The van der Waals surface area contributed by atoms with Gasteiger partial charge in [-0.3, -0.25) is 4.79 Å². The molecule has 2 aromatic rings. The van der Waals surface area contributed by atoms with E-state index in [9.17, 15) is 31.5 Å². The van der Waals surface area contributed by atoms with E-state index in [4.69, 9.17) is 11.6 Å². The van der Waals surface area contributed by atoms with Gasteiger partial charge >= 0.3 is 0 Å². The fourth-order valence-electron chi connectivity index (χ4n) is 5.05. The lowest BCUT2D eigenvalue weighted by molar-refractivity contribution is -0.0413. The second kappa shape index (κ2) is 8.60. The third-order valence-corrected chi connectivity index (χ3v) is 9.69. The van der Waals surface area contributed by atoms with Crippen LogP contribution in [0.15, 0.2) is 41.3 Å². The van der Waals surface area contributed by atoms with Crippen molar-refractivity contribution in [3.05, 3.63) is 58.4 Å². The lowest BCUT2D eigenvalue weighted by Crippen LogP contribution is -2.45. The third kappa shape index (κ3) is 4.38. The molecule has 3 unspecified atom stereocenters. The predicted molar refractivity (Wildman–Crippen MR) is 118 cm³/mol. The number of halogens is 4. The highest BCUT2D eigenvalue weighted by atomic mass is 35.5. The highest BCUT2D eigenvalue weighted by molar-refractivity contribution is 7.92. The van der Waals surface area contributed by atoms with Crippen LogP contribution in [0, 0.1) is 17.7 Å². The highest BCUT2D eigenvalue weighted by Gasteiger charge is 2.53. The van der Waals surface area contributed by atoms with E-state index in [1.54, 1.807) is 6.92 Å². The van der Waals surface area contributed by atoms with Gasteiger partial charge in [-0.15, -0.1) is 0 Å². The van der Waals surface area contributed by atoms with Crippen molar-refractivity contribution in [3.63, 3.8) is 0 Å². The number of sulfone groups is 1. The van der Waals surface area contributed by atoms with Crippen LogP contribution < -0.4 is 5.32 Å². The number of amides is 1. The summed E-state index contributed by atoms with van der Waals surface area (Å²) in [4.78, 5) is 12.5. The summed E-state index contributed by atoms with van der Waals surface area (Å²) in [6.45, 7) is 1.75. The second-order valence-electron chi connectivity index (χ2n) is 8.97. The summed E-state index contributed by atoms with van der Waals surface area (Å²) in [5.41, 5.74) is -1.83. The molecule has 2 saturated carbocycles. The molecule has 4 rings (SSSR count). The maximum atomic E-state index is 13.5. The van der Waals surface area contributed by atoms with Crippen molar-refractivity contribution in [2.24, 2.45) is 11.8 Å². The number of rotatable bonds is 5. The Labute approximate surface area is 194 Å². The van der Waals surface area contributed by atoms with E-state index < -0.39 is 44.4 Å². The Hall–Kier alpha value is -2.10. The number of nitrogens with one attached hydrogen (secondary N) is 1. The Kier molecular flexibility index (Phi) is 6.26. The molecule has 1 amide bonds. The minimum Gasteiger partial charge on any atom is -0.390 e. The average Bonchev–Trinajstić information content (AvgIpc) is 2.92. The summed E-state index contributed by atoms with van der Waals surface area (Å²) in [7, 11) is -3.89. The molecule has 2 fully saturated rings. The van der Waals surface area contributed by atoms with E-state index in [1.807, 2.05) is 0 Å². The van der Waals surface area contributed by atoms with Crippen molar-refractivity contribution >= 4 is 33.0 Å². The molecular weight excluding hydrogens is 479 g/mol. The van der Waals surface area contributed by atoms with Crippen LogP contribution in [0.25, 0.3) is 0 Å². The Morgan fingerprint density at radius 3 is 2.39 bits per heavy atom. The molecule has 5 nitrogen and oxygen atoms in total. The van der Waals surface area contributed by atoms with E-state index in [0.29, 0.717) is 12.8 Å². The molecule has 2 N–H and O–H groups in total. The van der Waals surface area contributed by atoms with E-state index in [2.05, 4.69) is 5.32 Å². The zero-order chi connectivity index (χ0) is 24.1. The summed E-state index contributed by atoms with van der Waals surface area (Å²) in [6.07, 6.45) is -0.911. The van der Waals surface area contributed by atoms with Crippen molar-refractivity contribution < 1.29 is 31.5 Å². The molecule has 0 radical (unpaired) electrons. The van der Waals surface area contributed by atoms with Crippen molar-refractivity contribution in [2.75, 3.05) is 5.32 Å². The zero-order valence-corrected chi connectivity index (χ0v) is 19.3. The largest absolute Gasteiger partial charge is 0.390 e. The first-order valence-corrected chi connectivity index (χ1v) is 12.5. The maximum absolute atomic E-state index is 13.5. The molecule has 2 aliphatic rings. The van der Waals surface area contributed by atoms with Crippen LogP contribution in [-0.2, 0) is 9.84 Å². The number of benzene rings is 2. The van der Waals surface area contributed by atoms with Gasteiger partial charge in [0.2, 0.25) is 0 Å². The van der Waals surface area contributed by atoms with Crippen molar-refractivity contribution in [1.82, 2.24) is 0 Å². The number of hydrogen-bond donors (Lipinski definition) is 2. The van der Waals surface area contributed by atoms with Crippen LogP contribution in [0.3, 0.4) is 0 Å². The molecule has 0 saturated heterocycles. The molecule has 0 spiro atoms. The lowest BCUT2D eigenvalue weighted by Gasteiger charge is -2.40. The number of hydrogen-bond acceptors (Lipinski definition) is 4. The van der Waals surface area contributed by atoms with E-state index in [-0.39, 0.29) is 33.0 Å². The smallest absolute Gasteiger partial charge is 0.266 e. The fourth-order valence-corrected chi connectivity index (χ4v) is 7.45. The maximum Gasteiger partial charge on any atom is 0.266 e. The van der Waals surface area contributed by atoms with Gasteiger partial charge in [0.1, 0.15) is 5.82 Å². The third-order valence-electron chi connectivity index (χ3n) is 7.04. The van der Waals surface area contributed by atoms with Gasteiger partial charge < -0.3 is 10.4 Å². The summed E-state index contributed by atoms with van der Waals surface area (Å²) in [5, 5.41) is 12.3. The number of aliphatic hydroxyl groups is 1. The molecule has 10 heteroatoms. The van der Waals surface area contributed by atoms with Gasteiger partial charge in [-0.25, -0.2) is 21.6 Å². The Balaban J connectivity index is 1.59. The number of fused-ring (bicyclic) bond motifs is 2. The molecular formula is C23H23ClF3NO4S. The van der Waals surface area contributed by atoms with Crippen molar-refractivity contribution in [2.45, 2.75) is 54.8 Å². The monoisotopic (exact) mass is 501 g/mol. The Morgan fingerprint density at radius 2 is 1.79 bits per heavy atom. The van der Waals surface area contributed by atoms with Crippen LogP contribution in [0.4, 0.5) is 18.9 Å². The molecule has 0 aromatic heterocycles. The average molecular weight is 502 g/mol. The number of anilines is 1. The van der Waals surface area contributed by atoms with Gasteiger partial charge in [0.15, 0.2) is 9.84 Å². The first kappa shape index (κ1) is 24.0. The SMILES string of the molecule is CC1(O)C2CC[C@H]1CC(S(=O)(=O)c1cc(C(=O)Nc3ccc(F)c(C(F)F)c3)ccc1Cl)C2. The predicted octanol–water partition coefficient (Wildman–Crippen LogP) is 5.38. The van der Waals surface area contributed by atoms with Crippen LogP contribution in [0.5, 0.6) is 0 Å². The topological polar surface area (TPSA) is 83.5 Å². The quantitative estimate of drug-likeness (QED) is 0.576. The Bertz CT molecular complexity index is 1190. The molecule has 178 valence electrons. The molecule has 2 aromatic carbocycles. The summed E-state index contributed by atoms with van der Waals surface area (Å²) in [5.74, 6) is -2.09. The fraction of sp³-hybridized carbons (Fsp3) is 0.435. The van der Waals surface area contributed by atoms with Crippen LogP contribution in [0.2, 0.25) is 5.02 Å². The number of alkyl halides is 2. The summed E-state index contributed by atoms with van der Waals surface area (Å²) in [6, 6.07) is 6.57. The van der Waals surface area contributed by atoms with Crippen molar-refractivity contribution in [3.8, 4) is 0 Å². The van der Waals surface area contributed by atoms with Crippen LogP contribution in [0.1, 0.15) is 55.0 Å². The van der Waals surface area contributed by atoms with Gasteiger partial charge in [0, 0.05) is 11.3 Å². The summed E-state index contributed by atoms with van der Waals surface area (Å²) >= 11 is 6.20. The number of carbonyl (C=O) groups is 1. The molecule has 33 heavy (non-hydrogen) atoms. The molecule has 0 heterocycles. The van der Waals surface area contributed by atoms with Gasteiger partial charge in [-0.2, -0.15) is 0 Å². The molecule has 2 aliphatic carbocycles. The molecule has 4 atom stereocenters. The van der Waals surface area contributed by atoms with E-state index >= 15 is 0 Å². The first-order valence-electron chi connectivity index (χ1n) is 10.6. The van der Waals surface area contributed by atoms with Crippen LogP contribution >= 0.6 is 11.6 Å². The van der Waals surface area contributed by atoms with Gasteiger partial charge in [0.25, 0.3) is 12.3 Å². The number of carbonyl (C=O) groups excluding carboxylic acids is 1. The minimum atomic E-state index is -3.89. The second-order valence-corrected chi connectivity index (χ2v) is 11.6. The summed E-state index contributed by atoms with van der Waals surface area (Å²) < 4.78 is 66.2. The van der Waals surface area contributed by atoms with Crippen LogP contribution in [-0.4, -0.2) is 30.3 Å². The Morgan fingerprint density at radius 1 is 1.15 bits per heavy atom. The highest BCUT2D eigenvalue weighted by Crippen LogP contribution is 2.51. The minimum absolute atomic E-state index is 0.0296. The lowest BCUT2D eigenvalue weighted by atomic mass is 9.76. The standard InChI is InChI=1S/C23H23ClF3NO4S/c1-23(30)13-3-4-14(23)10-16(9-13)33(31,32)20-8-12(2-6-18(20)24)22(29)28-15-5-7-19(25)17(11-15)21(26)27/h2,5-8,11,13-14,16,21,30H,3-4,9-10H2,1H3,(H,28,29)/t13-,14?,16?,23?/m0/s1. The van der Waals surface area contributed by atoms with Gasteiger partial charge in [-0.05, 0) is 80.8 Å². The zero-order valence-electron chi connectivity index (χ0n) is 17.7.